The fourth-order valence-corrected chi connectivity index (χ4v) is 0.490. The van der Waals surface area contributed by atoms with E-state index in [0.29, 0.717) is 14.9 Å². The van der Waals surface area contributed by atoms with Crippen molar-refractivity contribution in [3.63, 3.8) is 0 Å². The molecule has 0 N–H and O–H groups in total. The molecule has 0 saturated carbocycles. The molecule has 0 aliphatic rings. The van der Waals surface area contributed by atoms with Crippen LogP contribution in [-0.2, 0) is 0 Å². The molecule has 0 saturated heterocycles. The highest BCUT2D eigenvalue weighted by Crippen LogP contribution is 1.91. The summed E-state index contributed by atoms with van der Waals surface area (Å²) in [5.74, 6) is 0.609. The fraction of sp³-hybridized carbons (Fsp3) is 1.00. The van der Waals surface area contributed by atoms with Gasteiger partial charge in [0.05, 0.1) is 0 Å². The second kappa shape index (κ2) is 3.30. The zero-order valence-corrected chi connectivity index (χ0v) is 5.07. The number of hydrogen-bond donors (Lipinski definition) is 0. The molecule has 0 rings (SSSR count). The van der Waals surface area contributed by atoms with E-state index in [0.717, 1.165) is 6.54 Å². The topological polar surface area (TPSA) is 12.4 Å². The van der Waals surface area contributed by atoms with E-state index in [-0.39, 0.29) is 0 Å². The predicted octanol–water partition coefficient (Wildman–Crippen LogP) is 1.97. The van der Waals surface area contributed by atoms with Crippen LogP contribution in [0.25, 0.3) is 0 Å². The van der Waals surface area contributed by atoms with E-state index in [4.69, 9.17) is 1.28 Å². The van der Waals surface area contributed by atoms with Crippen molar-refractivity contribution in [2.75, 3.05) is 6.54 Å². The molecule has 36 valence electrons. The lowest BCUT2D eigenvalue weighted by molar-refractivity contribution is 0.671. The lowest BCUT2D eigenvalue weighted by Crippen LogP contribution is -1.87. The normalized spacial score (nSPS) is 13.5. The van der Waals surface area contributed by atoms with Crippen molar-refractivity contribution in [1.82, 2.24) is 0 Å². The first-order valence-electron chi connectivity index (χ1n) is 2.53. The molecule has 0 bridgehead atoms. The van der Waals surface area contributed by atoms with Gasteiger partial charge in [-0.05, 0) is 14.9 Å². The summed E-state index contributed by atoms with van der Waals surface area (Å²) in [6.45, 7) is 5.01. The maximum atomic E-state index is 6.60. The quantitative estimate of drug-likeness (QED) is 0.475. The van der Waals surface area contributed by atoms with Crippen molar-refractivity contribution in [1.29, 1.82) is 1.28 Å². The summed E-state index contributed by atoms with van der Waals surface area (Å²) >= 11 is 0. The van der Waals surface area contributed by atoms with Crippen molar-refractivity contribution in [2.45, 2.75) is 13.8 Å². The molecule has 0 heterocycles. The van der Waals surface area contributed by atoms with Gasteiger partial charge in [0.25, 0.3) is 0 Å². The van der Waals surface area contributed by atoms with Crippen molar-refractivity contribution in [3.8, 4) is 0 Å². The second-order valence-corrected chi connectivity index (χ2v) is 2.00. The van der Waals surface area contributed by atoms with Crippen molar-refractivity contribution >= 4 is 8.98 Å². The largest absolute Gasteiger partial charge is 0.272 e. The van der Waals surface area contributed by atoms with Crippen LogP contribution in [0, 0.1) is 5.92 Å². The van der Waals surface area contributed by atoms with Gasteiger partial charge in [0, 0.05) is 6.54 Å². The van der Waals surface area contributed by atoms with Crippen LogP contribution in [0.2, 0.25) is 0 Å². The van der Waals surface area contributed by atoms with E-state index in [2.05, 4.69) is 18.6 Å². The maximum absolute atomic E-state index is 6.60. The molecule has 0 aromatic carbocycles. The van der Waals surface area contributed by atoms with Gasteiger partial charge in [0.1, 0.15) is 1.28 Å². The Hall–Kier alpha value is 0.100. The SMILES string of the molecule is [2H]P=NCC(C)C. The van der Waals surface area contributed by atoms with Crippen LogP contribution in [0.3, 0.4) is 0 Å². The average molecular weight is 104 g/mol. The van der Waals surface area contributed by atoms with Gasteiger partial charge >= 0.3 is 0 Å². The molecule has 0 spiro atoms. The zero-order valence-electron chi connectivity index (χ0n) is 5.18. The minimum Gasteiger partial charge on any atom is -0.272 e. The molecule has 0 fully saturated rings. The van der Waals surface area contributed by atoms with E-state index in [1.165, 1.54) is 0 Å². The van der Waals surface area contributed by atoms with Gasteiger partial charge in [-0.1, -0.05) is 13.8 Å². The van der Waals surface area contributed by atoms with Gasteiger partial charge in [0.15, 0.2) is 0 Å². The van der Waals surface area contributed by atoms with Gasteiger partial charge in [-0.25, -0.2) is 0 Å². The highest BCUT2D eigenvalue weighted by atomic mass is 31.0. The van der Waals surface area contributed by atoms with Crippen LogP contribution >= 0.6 is 8.98 Å². The molecule has 6 heavy (non-hydrogen) atoms. The molecule has 0 radical (unpaired) electrons. The van der Waals surface area contributed by atoms with Gasteiger partial charge in [0.2, 0.25) is 0 Å². The summed E-state index contributed by atoms with van der Waals surface area (Å²) in [6, 6.07) is 0. The minimum atomic E-state index is 0.415. The minimum absolute atomic E-state index is 0.415. The molecule has 0 amide bonds. The van der Waals surface area contributed by atoms with Gasteiger partial charge in [-0.2, -0.15) is 0 Å². The Morgan fingerprint density at radius 3 is 2.83 bits per heavy atom. The molecule has 0 aliphatic carbocycles. The lowest BCUT2D eigenvalue weighted by atomic mass is 10.2. The fourth-order valence-electron chi connectivity index (χ4n) is 0.163. The molecular formula is C4H10NP. The number of nitrogens with zero attached hydrogens (tertiary/aromatic N) is 1. The van der Waals surface area contributed by atoms with E-state index >= 15 is 0 Å². The van der Waals surface area contributed by atoms with Crippen LogP contribution in [-0.4, -0.2) is 7.82 Å². The predicted molar refractivity (Wildman–Crippen MR) is 30.4 cm³/mol. The third-order valence-corrected chi connectivity index (χ3v) is 0.610. The molecule has 0 aromatic rings. The standard InChI is InChI=1S/C4H10NP/c1-4(2)3-5-6/h4,6H,3H2,1-2H3/i6D. The smallest absolute Gasteiger partial charge is 0.114 e. The van der Waals surface area contributed by atoms with E-state index < -0.39 is 0 Å². The third-order valence-electron chi connectivity index (χ3n) is 0.447. The Morgan fingerprint density at radius 2 is 2.67 bits per heavy atom. The van der Waals surface area contributed by atoms with E-state index in [1.54, 1.807) is 0 Å². The maximum Gasteiger partial charge on any atom is 0.114 e. The number of rotatable bonds is 2. The summed E-state index contributed by atoms with van der Waals surface area (Å²) in [5.41, 5.74) is 0. The van der Waals surface area contributed by atoms with Crippen LogP contribution < -0.4 is 0 Å². The zero-order chi connectivity index (χ0) is 5.70. The van der Waals surface area contributed by atoms with Gasteiger partial charge in [-0.15, -0.1) is 0 Å². The first-order valence-corrected chi connectivity index (χ1v) is 2.48. The molecule has 2 heteroatoms. The summed E-state index contributed by atoms with van der Waals surface area (Å²) in [7, 11) is 0.415. The van der Waals surface area contributed by atoms with Crippen LogP contribution in [0.5, 0.6) is 0 Å². The molecule has 0 aliphatic heterocycles. The second-order valence-electron chi connectivity index (χ2n) is 1.72. The average Bonchev–Trinajstić information content (AvgIpc) is 1.61. The Morgan fingerprint density at radius 1 is 2.00 bits per heavy atom. The first kappa shape index (κ1) is 4.26. The van der Waals surface area contributed by atoms with Crippen LogP contribution in [0.15, 0.2) is 4.74 Å². The molecule has 1 nitrogen and oxygen atoms in total. The molecular weight excluding hydrogens is 93.0 g/mol. The van der Waals surface area contributed by atoms with Crippen LogP contribution in [0.4, 0.5) is 0 Å². The molecule has 0 atom stereocenters. The van der Waals surface area contributed by atoms with Gasteiger partial charge < -0.3 is 0 Å². The van der Waals surface area contributed by atoms with E-state index in [1.807, 2.05) is 0 Å². The van der Waals surface area contributed by atoms with Crippen LogP contribution in [0.1, 0.15) is 13.8 Å². The Balaban J connectivity index is 2.97. The molecule has 0 aromatic heterocycles. The van der Waals surface area contributed by atoms with E-state index in [9.17, 15) is 0 Å². The summed E-state index contributed by atoms with van der Waals surface area (Å²) in [5, 5.41) is 0. The molecule has 0 unspecified atom stereocenters. The monoisotopic (exact) mass is 104 g/mol. The first-order chi connectivity index (χ1) is 3.27. The Bertz CT molecular complexity index is 62.7. The van der Waals surface area contributed by atoms with Crippen molar-refractivity contribution < 1.29 is 0 Å². The number of hydrogen-bond acceptors (Lipinski definition) is 1. The lowest BCUT2D eigenvalue weighted by Gasteiger charge is -1.91. The summed E-state index contributed by atoms with van der Waals surface area (Å²) in [4.78, 5) is 0. The third kappa shape index (κ3) is 4.10. The Kier molecular flexibility index (Phi) is 2.34. The van der Waals surface area contributed by atoms with Gasteiger partial charge in [-0.3, -0.25) is 4.74 Å². The summed E-state index contributed by atoms with van der Waals surface area (Å²) < 4.78 is 10.4. The summed E-state index contributed by atoms with van der Waals surface area (Å²) in [6.07, 6.45) is 0. The van der Waals surface area contributed by atoms with Crippen molar-refractivity contribution in [3.05, 3.63) is 0 Å². The Labute approximate surface area is 42.4 Å². The highest BCUT2D eigenvalue weighted by molar-refractivity contribution is 7.03. The van der Waals surface area contributed by atoms with Crippen molar-refractivity contribution in [2.24, 2.45) is 10.7 Å². The highest BCUT2D eigenvalue weighted by Gasteiger charge is 1.84.